The summed E-state index contributed by atoms with van der Waals surface area (Å²) in [7, 11) is 1.56. The van der Waals surface area contributed by atoms with Crippen LogP contribution in [0, 0.1) is 0 Å². The van der Waals surface area contributed by atoms with Crippen LogP contribution in [0.3, 0.4) is 0 Å². The van der Waals surface area contributed by atoms with Crippen LogP contribution in [-0.2, 0) is 19.1 Å². The fraction of sp³-hybridized carbons (Fsp3) is 0.471. The van der Waals surface area contributed by atoms with Crippen molar-refractivity contribution in [3.05, 3.63) is 29.8 Å². The van der Waals surface area contributed by atoms with Crippen molar-refractivity contribution in [3.63, 3.8) is 0 Å². The van der Waals surface area contributed by atoms with Crippen LogP contribution in [0.25, 0.3) is 0 Å². The van der Waals surface area contributed by atoms with E-state index >= 15 is 0 Å². The van der Waals surface area contributed by atoms with E-state index in [1.165, 1.54) is 13.0 Å². The third-order valence-corrected chi connectivity index (χ3v) is 2.98. The Morgan fingerprint density at radius 2 is 1.84 bits per heavy atom. The second-order valence-corrected chi connectivity index (χ2v) is 5.13. The number of ether oxygens (including phenoxy) is 3. The Kier molecular flexibility index (Phi) is 9.88. The van der Waals surface area contributed by atoms with Gasteiger partial charge in [-0.25, -0.2) is 0 Å². The molecule has 0 aliphatic rings. The molecular formula is C17H24N2O6. The Hall–Kier alpha value is -2.45. The molecule has 1 aromatic rings. The van der Waals surface area contributed by atoms with Crippen molar-refractivity contribution in [1.82, 2.24) is 10.6 Å². The molecule has 0 radical (unpaired) electrons. The van der Waals surface area contributed by atoms with Crippen LogP contribution in [0.4, 0.5) is 0 Å². The molecule has 1 rings (SSSR count). The first kappa shape index (κ1) is 20.6. The lowest BCUT2D eigenvalue weighted by Crippen LogP contribution is -2.32. The Balaban J connectivity index is 2.20. The number of carbonyl (C=O) groups excluding carboxylic acids is 3. The molecule has 138 valence electrons. The summed E-state index contributed by atoms with van der Waals surface area (Å²) in [4.78, 5) is 34.4. The Labute approximate surface area is 146 Å². The quantitative estimate of drug-likeness (QED) is 0.342. The Morgan fingerprint density at radius 3 is 2.56 bits per heavy atom. The molecule has 0 saturated heterocycles. The average molecular weight is 352 g/mol. The molecule has 0 unspecified atom stereocenters. The van der Waals surface area contributed by atoms with Gasteiger partial charge in [0, 0.05) is 32.7 Å². The second kappa shape index (κ2) is 12.0. The molecule has 8 nitrogen and oxygen atoms in total. The SMILES string of the molecule is COCCOCC(=O)NCCCNC(=O)c1cccc(OC(C)=O)c1. The highest BCUT2D eigenvalue weighted by Crippen LogP contribution is 2.13. The number of hydrogen-bond donors (Lipinski definition) is 2. The van der Waals surface area contributed by atoms with Crippen molar-refractivity contribution in [2.75, 3.05) is 40.0 Å². The Bertz CT molecular complexity index is 576. The van der Waals surface area contributed by atoms with E-state index in [4.69, 9.17) is 14.2 Å². The van der Waals surface area contributed by atoms with Crippen LogP contribution in [0.15, 0.2) is 24.3 Å². The van der Waals surface area contributed by atoms with Crippen LogP contribution in [0.2, 0.25) is 0 Å². The average Bonchev–Trinajstić information content (AvgIpc) is 2.58. The fourth-order valence-corrected chi connectivity index (χ4v) is 1.85. The highest BCUT2D eigenvalue weighted by Gasteiger charge is 2.07. The Morgan fingerprint density at radius 1 is 1.08 bits per heavy atom. The highest BCUT2D eigenvalue weighted by molar-refractivity contribution is 5.94. The molecule has 25 heavy (non-hydrogen) atoms. The topological polar surface area (TPSA) is 103 Å². The lowest BCUT2D eigenvalue weighted by atomic mass is 10.2. The van der Waals surface area contributed by atoms with Gasteiger partial charge in [0.05, 0.1) is 13.2 Å². The highest BCUT2D eigenvalue weighted by atomic mass is 16.5. The van der Waals surface area contributed by atoms with E-state index < -0.39 is 5.97 Å². The molecule has 0 heterocycles. The maximum absolute atomic E-state index is 12.0. The predicted octanol–water partition coefficient (Wildman–Crippen LogP) is 0.511. The van der Waals surface area contributed by atoms with Gasteiger partial charge in [0.1, 0.15) is 12.4 Å². The molecule has 0 aliphatic carbocycles. The summed E-state index contributed by atoms with van der Waals surface area (Å²) in [5.74, 6) is -0.611. The molecule has 0 aliphatic heterocycles. The van der Waals surface area contributed by atoms with E-state index in [-0.39, 0.29) is 18.4 Å². The third-order valence-electron chi connectivity index (χ3n) is 2.98. The van der Waals surface area contributed by atoms with Gasteiger partial charge in [0.2, 0.25) is 5.91 Å². The zero-order chi connectivity index (χ0) is 18.5. The van der Waals surface area contributed by atoms with Crippen LogP contribution in [0.1, 0.15) is 23.7 Å². The summed E-state index contributed by atoms with van der Waals surface area (Å²) < 4.78 is 14.8. The molecule has 2 N–H and O–H groups in total. The maximum Gasteiger partial charge on any atom is 0.308 e. The minimum absolute atomic E-state index is 0.0152. The summed E-state index contributed by atoms with van der Waals surface area (Å²) >= 11 is 0. The first-order chi connectivity index (χ1) is 12.0. The summed E-state index contributed by atoms with van der Waals surface area (Å²) in [6.45, 7) is 2.92. The standard InChI is InChI=1S/C17H24N2O6/c1-13(20)25-15-6-3-5-14(11-15)17(22)19-8-4-7-18-16(21)12-24-10-9-23-2/h3,5-6,11H,4,7-10,12H2,1-2H3,(H,18,21)(H,19,22). The lowest BCUT2D eigenvalue weighted by Gasteiger charge is -2.08. The van der Waals surface area contributed by atoms with Gasteiger partial charge in [-0.15, -0.1) is 0 Å². The summed E-state index contributed by atoms with van der Waals surface area (Å²) in [6.07, 6.45) is 0.583. The molecule has 0 fully saturated rings. The largest absolute Gasteiger partial charge is 0.427 e. The summed E-state index contributed by atoms with van der Waals surface area (Å²) in [5, 5.41) is 5.42. The number of rotatable bonds is 11. The zero-order valence-electron chi connectivity index (χ0n) is 14.5. The molecule has 0 bridgehead atoms. The molecule has 2 amide bonds. The normalized spacial score (nSPS) is 10.2. The zero-order valence-corrected chi connectivity index (χ0v) is 14.5. The number of carbonyl (C=O) groups is 3. The van der Waals surface area contributed by atoms with Crippen molar-refractivity contribution >= 4 is 17.8 Å². The van der Waals surface area contributed by atoms with Crippen molar-refractivity contribution < 1.29 is 28.6 Å². The van der Waals surface area contributed by atoms with Gasteiger partial charge in [-0.2, -0.15) is 0 Å². The van der Waals surface area contributed by atoms with E-state index in [0.29, 0.717) is 44.0 Å². The number of benzene rings is 1. The lowest BCUT2D eigenvalue weighted by molar-refractivity contribution is -0.132. The minimum atomic E-state index is -0.445. The van der Waals surface area contributed by atoms with Gasteiger partial charge in [0.15, 0.2) is 0 Å². The third kappa shape index (κ3) is 9.43. The van der Waals surface area contributed by atoms with Crippen molar-refractivity contribution in [2.45, 2.75) is 13.3 Å². The minimum Gasteiger partial charge on any atom is -0.427 e. The molecule has 0 spiro atoms. The van der Waals surface area contributed by atoms with E-state index in [1.807, 2.05) is 0 Å². The van der Waals surface area contributed by atoms with Gasteiger partial charge in [-0.3, -0.25) is 14.4 Å². The number of methoxy groups -OCH3 is 1. The van der Waals surface area contributed by atoms with E-state index in [2.05, 4.69) is 10.6 Å². The number of hydrogen-bond acceptors (Lipinski definition) is 6. The second-order valence-electron chi connectivity index (χ2n) is 5.13. The molecule has 0 atom stereocenters. The van der Waals surface area contributed by atoms with Gasteiger partial charge in [-0.05, 0) is 24.6 Å². The smallest absolute Gasteiger partial charge is 0.308 e. The molecular weight excluding hydrogens is 328 g/mol. The number of esters is 1. The first-order valence-corrected chi connectivity index (χ1v) is 7.93. The van der Waals surface area contributed by atoms with Gasteiger partial charge < -0.3 is 24.8 Å². The van der Waals surface area contributed by atoms with Gasteiger partial charge >= 0.3 is 5.97 Å². The number of amides is 2. The van der Waals surface area contributed by atoms with Crippen molar-refractivity contribution in [1.29, 1.82) is 0 Å². The van der Waals surface area contributed by atoms with Crippen LogP contribution in [-0.4, -0.2) is 57.8 Å². The van der Waals surface area contributed by atoms with Gasteiger partial charge in [-0.1, -0.05) is 6.07 Å². The first-order valence-electron chi connectivity index (χ1n) is 7.93. The van der Waals surface area contributed by atoms with E-state index in [9.17, 15) is 14.4 Å². The molecule has 0 saturated carbocycles. The van der Waals surface area contributed by atoms with Crippen LogP contribution in [0.5, 0.6) is 5.75 Å². The molecule has 0 aromatic heterocycles. The van der Waals surface area contributed by atoms with Crippen molar-refractivity contribution in [3.8, 4) is 5.75 Å². The maximum atomic E-state index is 12.0. The van der Waals surface area contributed by atoms with Crippen LogP contribution < -0.4 is 15.4 Å². The van der Waals surface area contributed by atoms with Crippen LogP contribution >= 0.6 is 0 Å². The monoisotopic (exact) mass is 352 g/mol. The summed E-state index contributed by atoms with van der Waals surface area (Å²) in [5.41, 5.74) is 0.398. The van der Waals surface area contributed by atoms with Gasteiger partial charge in [0.25, 0.3) is 5.91 Å². The fourth-order valence-electron chi connectivity index (χ4n) is 1.85. The van der Waals surface area contributed by atoms with E-state index in [0.717, 1.165) is 0 Å². The predicted molar refractivity (Wildman–Crippen MR) is 90.4 cm³/mol. The molecule has 8 heteroatoms. The summed E-state index contributed by atoms with van der Waals surface area (Å²) in [6, 6.07) is 6.36. The number of nitrogens with one attached hydrogen (secondary N) is 2. The van der Waals surface area contributed by atoms with Crippen molar-refractivity contribution in [2.24, 2.45) is 0 Å². The van der Waals surface area contributed by atoms with E-state index in [1.54, 1.807) is 25.3 Å². The molecule has 1 aromatic carbocycles.